The van der Waals surface area contributed by atoms with E-state index in [1.54, 1.807) is 12.1 Å². The summed E-state index contributed by atoms with van der Waals surface area (Å²) < 4.78 is 12.4. The molecule has 0 fully saturated rings. The molecule has 2 N–H and O–H groups in total. The van der Waals surface area contributed by atoms with E-state index in [1.807, 2.05) is 0 Å². The zero-order valence-corrected chi connectivity index (χ0v) is 19.3. The molecule has 4 nitrogen and oxygen atoms in total. The lowest BCUT2D eigenvalue weighted by Gasteiger charge is -2.15. The van der Waals surface area contributed by atoms with E-state index in [9.17, 15) is 10.0 Å². The Hall–Kier alpha value is -0.715. The Morgan fingerprint density at radius 2 is 1.18 bits per heavy atom. The van der Waals surface area contributed by atoms with E-state index < -0.39 is 7.12 Å². The van der Waals surface area contributed by atoms with Crippen LogP contribution in [-0.4, -0.2) is 30.4 Å². The van der Waals surface area contributed by atoms with Crippen LogP contribution >= 0.6 is 15.9 Å². The molecule has 0 amide bonds. The minimum Gasteiger partial charge on any atom is -0.494 e. The van der Waals surface area contributed by atoms with Crippen molar-refractivity contribution in [2.45, 2.75) is 90.9 Å². The summed E-state index contributed by atoms with van der Waals surface area (Å²) in [6.07, 6.45) is 14.4. The number of hydrogen-bond acceptors (Lipinski definition) is 4. The summed E-state index contributed by atoms with van der Waals surface area (Å²) in [7, 11) is -1.58. The average molecular weight is 457 g/mol. The number of benzene rings is 1. The molecule has 28 heavy (non-hydrogen) atoms. The fraction of sp³-hybridized carbons (Fsp3) is 0.727. The van der Waals surface area contributed by atoms with E-state index in [0.717, 1.165) is 30.2 Å². The van der Waals surface area contributed by atoms with E-state index in [1.165, 1.54) is 51.4 Å². The van der Waals surface area contributed by atoms with Crippen LogP contribution in [0.5, 0.6) is 11.5 Å². The summed E-state index contributed by atoms with van der Waals surface area (Å²) >= 11 is 3.52. The zero-order chi connectivity index (χ0) is 20.6. The van der Waals surface area contributed by atoms with Gasteiger partial charge in [0.2, 0.25) is 0 Å². The van der Waals surface area contributed by atoms with Crippen molar-refractivity contribution in [1.29, 1.82) is 0 Å². The highest BCUT2D eigenvalue weighted by Gasteiger charge is 2.20. The van der Waals surface area contributed by atoms with Crippen LogP contribution in [0, 0.1) is 0 Å². The summed E-state index contributed by atoms with van der Waals surface area (Å²) in [6, 6.07) is 3.45. The van der Waals surface area contributed by atoms with Gasteiger partial charge in [0.25, 0.3) is 0 Å². The molecule has 160 valence electrons. The average Bonchev–Trinajstić information content (AvgIpc) is 2.67. The first kappa shape index (κ1) is 25.3. The number of unbranched alkanes of at least 4 members (excludes halogenated alkanes) is 10. The lowest BCUT2D eigenvalue weighted by Crippen LogP contribution is -2.32. The molecule has 0 radical (unpaired) electrons. The molecule has 0 aliphatic carbocycles. The van der Waals surface area contributed by atoms with Crippen LogP contribution < -0.4 is 14.9 Å². The lowest BCUT2D eigenvalue weighted by atomic mass is 9.79. The van der Waals surface area contributed by atoms with Crippen molar-refractivity contribution in [3.05, 3.63) is 16.6 Å². The van der Waals surface area contributed by atoms with Gasteiger partial charge in [-0.25, -0.2) is 0 Å². The molecule has 0 saturated carbocycles. The third-order valence-corrected chi connectivity index (χ3v) is 5.47. The van der Waals surface area contributed by atoms with Crippen molar-refractivity contribution >= 4 is 28.5 Å². The molecule has 0 heterocycles. The van der Waals surface area contributed by atoms with Gasteiger partial charge in [-0.3, -0.25) is 0 Å². The smallest absolute Gasteiger partial charge is 0.492 e. The Balaban J connectivity index is 2.46. The van der Waals surface area contributed by atoms with Crippen molar-refractivity contribution in [1.82, 2.24) is 0 Å². The maximum Gasteiger partial charge on any atom is 0.492 e. The number of halogens is 1. The Kier molecular flexibility index (Phi) is 14.6. The van der Waals surface area contributed by atoms with Crippen LogP contribution in [0.4, 0.5) is 0 Å². The Labute approximate surface area is 180 Å². The normalized spacial score (nSPS) is 10.9. The van der Waals surface area contributed by atoms with E-state index in [4.69, 9.17) is 9.47 Å². The SMILES string of the molecule is CCCCCCCCOc1cc(B(O)O)c(OCCCCCCCC)cc1Br. The second-order valence-corrected chi connectivity index (χ2v) is 8.28. The van der Waals surface area contributed by atoms with Gasteiger partial charge in [0, 0.05) is 5.46 Å². The van der Waals surface area contributed by atoms with Gasteiger partial charge in [0.15, 0.2) is 0 Å². The van der Waals surface area contributed by atoms with Crippen molar-refractivity contribution in [2.75, 3.05) is 13.2 Å². The maximum atomic E-state index is 9.72. The molecule has 0 atom stereocenters. The summed E-state index contributed by atoms with van der Waals surface area (Å²) in [4.78, 5) is 0. The van der Waals surface area contributed by atoms with E-state index in [-0.39, 0.29) is 0 Å². The third kappa shape index (κ3) is 10.7. The van der Waals surface area contributed by atoms with Gasteiger partial charge in [0.05, 0.1) is 17.7 Å². The lowest BCUT2D eigenvalue weighted by molar-refractivity contribution is 0.295. The van der Waals surface area contributed by atoms with E-state index in [2.05, 4.69) is 29.8 Å². The molecule has 0 aromatic heterocycles. The predicted molar refractivity (Wildman–Crippen MR) is 122 cm³/mol. The van der Waals surface area contributed by atoms with Gasteiger partial charge in [0.1, 0.15) is 11.5 Å². The largest absolute Gasteiger partial charge is 0.494 e. The van der Waals surface area contributed by atoms with Gasteiger partial charge in [-0.05, 0) is 40.9 Å². The molecule has 0 unspecified atom stereocenters. The fourth-order valence-corrected chi connectivity index (χ4v) is 3.55. The van der Waals surface area contributed by atoms with Crippen LogP contribution in [-0.2, 0) is 0 Å². The Bertz CT molecular complexity index is 526. The van der Waals surface area contributed by atoms with Crippen LogP contribution in [0.25, 0.3) is 0 Å². The molecule has 0 saturated heterocycles. The second-order valence-electron chi connectivity index (χ2n) is 7.43. The van der Waals surface area contributed by atoms with Gasteiger partial charge < -0.3 is 19.5 Å². The number of ether oxygens (including phenoxy) is 2. The van der Waals surface area contributed by atoms with Crippen molar-refractivity contribution in [3.63, 3.8) is 0 Å². The first-order chi connectivity index (χ1) is 13.6. The van der Waals surface area contributed by atoms with Gasteiger partial charge >= 0.3 is 7.12 Å². The molecular weight excluding hydrogens is 419 g/mol. The summed E-state index contributed by atoms with van der Waals surface area (Å²) in [5, 5.41) is 19.4. The van der Waals surface area contributed by atoms with Crippen LogP contribution in [0.15, 0.2) is 16.6 Å². The van der Waals surface area contributed by atoms with Gasteiger partial charge in [-0.1, -0.05) is 78.1 Å². The fourth-order valence-electron chi connectivity index (χ4n) is 3.12. The molecule has 6 heteroatoms. The third-order valence-electron chi connectivity index (χ3n) is 4.85. The van der Waals surface area contributed by atoms with Crippen LogP contribution in [0.1, 0.15) is 90.9 Å². The first-order valence-corrected chi connectivity index (χ1v) is 11.8. The quantitative estimate of drug-likeness (QED) is 0.236. The Morgan fingerprint density at radius 3 is 1.68 bits per heavy atom. The summed E-state index contributed by atoms with van der Waals surface area (Å²) in [5.74, 6) is 1.13. The standard InChI is InChI=1S/C22H38BBrO4/c1-3-5-7-9-11-13-15-27-21-18-20(24)22(17-19(21)23(25)26)28-16-14-12-10-8-6-4-2/h17-18,25-26H,3-16H2,1-2H3. The van der Waals surface area contributed by atoms with Crippen molar-refractivity contribution in [2.24, 2.45) is 0 Å². The monoisotopic (exact) mass is 456 g/mol. The molecule has 1 aromatic carbocycles. The topological polar surface area (TPSA) is 58.9 Å². The van der Waals surface area contributed by atoms with E-state index >= 15 is 0 Å². The second kappa shape index (κ2) is 16.1. The first-order valence-electron chi connectivity index (χ1n) is 11.0. The van der Waals surface area contributed by atoms with Gasteiger partial charge in [-0.2, -0.15) is 0 Å². The highest BCUT2D eigenvalue weighted by atomic mass is 79.9. The number of rotatable bonds is 17. The molecule has 0 aliphatic rings. The highest BCUT2D eigenvalue weighted by molar-refractivity contribution is 9.10. The van der Waals surface area contributed by atoms with Crippen molar-refractivity contribution in [3.8, 4) is 11.5 Å². The molecule has 0 aliphatic heterocycles. The highest BCUT2D eigenvalue weighted by Crippen LogP contribution is 2.29. The summed E-state index contributed by atoms with van der Waals surface area (Å²) in [6.45, 7) is 5.64. The Morgan fingerprint density at radius 1 is 0.714 bits per heavy atom. The molecular formula is C22H38BBrO4. The van der Waals surface area contributed by atoms with Crippen molar-refractivity contribution < 1.29 is 19.5 Å². The van der Waals surface area contributed by atoms with Gasteiger partial charge in [-0.15, -0.1) is 0 Å². The summed E-state index contributed by atoms with van der Waals surface area (Å²) in [5.41, 5.74) is 0.354. The minimum absolute atomic E-state index is 0.354. The van der Waals surface area contributed by atoms with Crippen LogP contribution in [0.2, 0.25) is 0 Å². The minimum atomic E-state index is -1.58. The zero-order valence-electron chi connectivity index (χ0n) is 17.7. The maximum absolute atomic E-state index is 9.72. The molecule has 1 rings (SSSR count). The molecule has 0 spiro atoms. The molecule has 0 bridgehead atoms. The van der Waals surface area contributed by atoms with Crippen LogP contribution in [0.3, 0.4) is 0 Å². The van der Waals surface area contributed by atoms with E-state index in [0.29, 0.717) is 30.2 Å². The predicted octanol–water partition coefficient (Wildman–Crippen LogP) is 5.61. The number of hydrogen-bond donors (Lipinski definition) is 2. The molecule has 1 aromatic rings.